The summed E-state index contributed by atoms with van der Waals surface area (Å²) >= 11 is 0. The van der Waals surface area contributed by atoms with Crippen molar-refractivity contribution in [3.8, 4) is 5.75 Å². The number of nitrogens with zero attached hydrogens (tertiary/aromatic N) is 1. The van der Waals surface area contributed by atoms with Crippen LogP contribution in [0.5, 0.6) is 5.75 Å². The molecule has 7 N–H and O–H groups in total. The fraction of sp³-hybridized carbons (Fsp3) is 0.542. The van der Waals surface area contributed by atoms with Crippen LogP contribution < -0.4 is 16.4 Å². The zero-order valence-electron chi connectivity index (χ0n) is 20.3. The van der Waals surface area contributed by atoms with Crippen LogP contribution in [0.4, 0.5) is 0 Å². The highest BCUT2D eigenvalue weighted by atomic mass is 16.4. The standard InChI is InChI=1S/C24H34N4O8/c1-13(2)20(25)23(34)28-11-3-4-18(28)22(33)26-16(9-10-19(30)31)21(32)27-17(24(35)36)12-14-5-7-15(29)8-6-14/h5-8,13,16-18,20,29H,3-4,9-12,25H2,1-2H3,(H,26,33)(H,27,32)(H,30,31)(H,35,36)/t16-,17-,18-,20-/m0/s1. The number of carboxylic acids is 2. The lowest BCUT2D eigenvalue weighted by Gasteiger charge is -2.29. The summed E-state index contributed by atoms with van der Waals surface area (Å²) in [5, 5.41) is 32.9. The summed E-state index contributed by atoms with van der Waals surface area (Å²) in [5.74, 6) is -4.53. The Hall–Kier alpha value is -3.67. The third-order valence-electron chi connectivity index (χ3n) is 6.11. The Morgan fingerprint density at radius 3 is 2.25 bits per heavy atom. The molecule has 0 bridgehead atoms. The zero-order chi connectivity index (χ0) is 27.0. The van der Waals surface area contributed by atoms with Crippen molar-refractivity contribution in [3.05, 3.63) is 29.8 Å². The lowest BCUT2D eigenvalue weighted by Crippen LogP contribution is -2.57. The van der Waals surface area contributed by atoms with Crippen molar-refractivity contribution >= 4 is 29.7 Å². The summed E-state index contributed by atoms with van der Waals surface area (Å²) in [6, 6.07) is 1.43. The average Bonchev–Trinajstić information content (AvgIpc) is 3.31. The second-order valence-corrected chi connectivity index (χ2v) is 9.22. The number of nitrogens with one attached hydrogen (secondary N) is 2. The number of amides is 3. The summed E-state index contributed by atoms with van der Waals surface area (Å²) in [4.78, 5) is 63.0. The minimum absolute atomic E-state index is 0.0000961. The van der Waals surface area contributed by atoms with Gasteiger partial charge in [0.1, 0.15) is 23.9 Å². The van der Waals surface area contributed by atoms with Crippen molar-refractivity contribution in [1.29, 1.82) is 0 Å². The molecule has 1 aliphatic heterocycles. The number of rotatable bonds is 12. The van der Waals surface area contributed by atoms with Gasteiger partial charge >= 0.3 is 11.9 Å². The lowest BCUT2D eigenvalue weighted by atomic mass is 10.0. The fourth-order valence-corrected chi connectivity index (χ4v) is 3.92. The molecule has 0 unspecified atom stereocenters. The van der Waals surface area contributed by atoms with Crippen molar-refractivity contribution < 1.29 is 39.3 Å². The van der Waals surface area contributed by atoms with E-state index in [1.807, 2.05) is 0 Å². The van der Waals surface area contributed by atoms with Gasteiger partial charge in [-0.05, 0) is 42.9 Å². The molecule has 1 aliphatic rings. The third kappa shape index (κ3) is 7.94. The van der Waals surface area contributed by atoms with Crippen LogP contribution >= 0.6 is 0 Å². The monoisotopic (exact) mass is 506 g/mol. The third-order valence-corrected chi connectivity index (χ3v) is 6.11. The molecule has 198 valence electrons. The first-order valence-corrected chi connectivity index (χ1v) is 11.8. The van der Waals surface area contributed by atoms with Gasteiger partial charge in [0.25, 0.3) is 0 Å². The van der Waals surface area contributed by atoms with E-state index in [2.05, 4.69) is 10.6 Å². The van der Waals surface area contributed by atoms with E-state index in [4.69, 9.17) is 10.8 Å². The number of aromatic hydroxyl groups is 1. The van der Waals surface area contributed by atoms with E-state index in [0.717, 1.165) is 0 Å². The van der Waals surface area contributed by atoms with Gasteiger partial charge in [-0.2, -0.15) is 0 Å². The first-order chi connectivity index (χ1) is 16.9. The van der Waals surface area contributed by atoms with Gasteiger partial charge in [0, 0.05) is 19.4 Å². The molecular formula is C24H34N4O8. The van der Waals surface area contributed by atoms with Crippen LogP contribution in [0, 0.1) is 5.92 Å². The van der Waals surface area contributed by atoms with Gasteiger partial charge in [-0.25, -0.2) is 4.79 Å². The number of carbonyl (C=O) groups is 5. The molecule has 12 nitrogen and oxygen atoms in total. The SMILES string of the molecule is CC(C)[C@H](N)C(=O)N1CCC[C@H]1C(=O)N[C@@H](CCC(=O)O)C(=O)N[C@@H](Cc1ccc(O)cc1)C(=O)O. The topological polar surface area (TPSA) is 199 Å². The van der Waals surface area contributed by atoms with Crippen molar-refractivity contribution in [3.63, 3.8) is 0 Å². The molecule has 1 heterocycles. The number of phenolic OH excluding ortho intramolecular Hbond substituents is 1. The predicted molar refractivity (Wildman–Crippen MR) is 128 cm³/mol. The van der Waals surface area contributed by atoms with Crippen LogP contribution in [-0.4, -0.2) is 80.6 Å². The molecular weight excluding hydrogens is 472 g/mol. The Bertz CT molecular complexity index is 965. The van der Waals surface area contributed by atoms with E-state index in [9.17, 15) is 34.2 Å². The second kappa shape index (κ2) is 12.9. The molecule has 3 amide bonds. The molecule has 2 rings (SSSR count). The maximum absolute atomic E-state index is 13.0. The van der Waals surface area contributed by atoms with Gasteiger partial charge in [0.15, 0.2) is 0 Å². The second-order valence-electron chi connectivity index (χ2n) is 9.22. The number of nitrogens with two attached hydrogens (primary N) is 1. The number of carboxylic acid groups (broad SMARTS) is 2. The minimum Gasteiger partial charge on any atom is -0.508 e. The molecule has 12 heteroatoms. The summed E-state index contributed by atoms with van der Waals surface area (Å²) in [7, 11) is 0. The molecule has 1 fully saturated rings. The number of aliphatic carboxylic acids is 2. The van der Waals surface area contributed by atoms with Gasteiger partial charge in [-0.1, -0.05) is 26.0 Å². The van der Waals surface area contributed by atoms with Gasteiger partial charge in [-0.15, -0.1) is 0 Å². The molecule has 1 saturated heterocycles. The lowest BCUT2D eigenvalue weighted by molar-refractivity contribution is -0.143. The van der Waals surface area contributed by atoms with Crippen LogP contribution in [0.25, 0.3) is 0 Å². The zero-order valence-corrected chi connectivity index (χ0v) is 20.3. The normalized spacial score (nSPS) is 17.8. The van der Waals surface area contributed by atoms with E-state index in [-0.39, 0.29) is 30.4 Å². The van der Waals surface area contributed by atoms with E-state index in [0.29, 0.717) is 24.9 Å². The smallest absolute Gasteiger partial charge is 0.326 e. The molecule has 0 aromatic heterocycles. The van der Waals surface area contributed by atoms with Crippen LogP contribution in [-0.2, 0) is 30.4 Å². The van der Waals surface area contributed by atoms with Crippen molar-refractivity contribution in [2.24, 2.45) is 11.7 Å². The summed E-state index contributed by atoms with van der Waals surface area (Å²) in [6.45, 7) is 3.91. The van der Waals surface area contributed by atoms with Gasteiger partial charge in [0.05, 0.1) is 6.04 Å². The van der Waals surface area contributed by atoms with E-state index >= 15 is 0 Å². The number of hydrogen-bond donors (Lipinski definition) is 6. The van der Waals surface area contributed by atoms with Gasteiger partial charge in [0.2, 0.25) is 17.7 Å². The van der Waals surface area contributed by atoms with Crippen LogP contribution in [0.15, 0.2) is 24.3 Å². The molecule has 0 radical (unpaired) electrons. The first kappa shape index (κ1) is 28.6. The van der Waals surface area contributed by atoms with Crippen molar-refractivity contribution in [1.82, 2.24) is 15.5 Å². The Balaban J connectivity index is 2.14. The quantitative estimate of drug-likeness (QED) is 0.223. The maximum atomic E-state index is 13.0. The number of phenols is 1. The first-order valence-electron chi connectivity index (χ1n) is 11.8. The molecule has 0 saturated carbocycles. The maximum Gasteiger partial charge on any atom is 0.326 e. The highest BCUT2D eigenvalue weighted by molar-refractivity contribution is 5.94. The largest absolute Gasteiger partial charge is 0.508 e. The predicted octanol–water partition coefficient (Wildman–Crippen LogP) is -0.172. The number of carbonyl (C=O) groups excluding carboxylic acids is 3. The Morgan fingerprint density at radius 1 is 1.06 bits per heavy atom. The highest BCUT2D eigenvalue weighted by Gasteiger charge is 2.38. The van der Waals surface area contributed by atoms with E-state index in [1.54, 1.807) is 13.8 Å². The average molecular weight is 507 g/mol. The van der Waals surface area contributed by atoms with E-state index in [1.165, 1.54) is 29.2 Å². The van der Waals surface area contributed by atoms with Gasteiger partial charge < -0.3 is 36.6 Å². The highest BCUT2D eigenvalue weighted by Crippen LogP contribution is 2.20. The summed E-state index contributed by atoms with van der Waals surface area (Å²) in [5.41, 5.74) is 6.50. The minimum atomic E-state index is -1.36. The van der Waals surface area contributed by atoms with Gasteiger partial charge in [-0.3, -0.25) is 19.2 Å². The Morgan fingerprint density at radius 2 is 1.69 bits per heavy atom. The summed E-state index contributed by atoms with van der Waals surface area (Å²) in [6.07, 6.45) is 0.103. The summed E-state index contributed by atoms with van der Waals surface area (Å²) < 4.78 is 0. The molecule has 4 atom stereocenters. The fourth-order valence-electron chi connectivity index (χ4n) is 3.92. The van der Waals surface area contributed by atoms with Crippen LogP contribution in [0.1, 0.15) is 45.1 Å². The van der Waals surface area contributed by atoms with Crippen molar-refractivity contribution in [2.75, 3.05) is 6.54 Å². The van der Waals surface area contributed by atoms with Crippen LogP contribution in [0.2, 0.25) is 0 Å². The Kier molecular flexibility index (Phi) is 10.2. The number of benzene rings is 1. The van der Waals surface area contributed by atoms with Crippen molar-refractivity contribution in [2.45, 2.75) is 70.1 Å². The molecule has 1 aromatic rings. The van der Waals surface area contributed by atoms with E-state index < -0.39 is 54.3 Å². The molecule has 0 spiro atoms. The number of hydrogen-bond acceptors (Lipinski definition) is 7. The molecule has 36 heavy (non-hydrogen) atoms. The van der Waals surface area contributed by atoms with Crippen LogP contribution in [0.3, 0.4) is 0 Å². The molecule has 1 aromatic carbocycles. The Labute approximate surface area is 208 Å². The number of likely N-dealkylation sites (tertiary alicyclic amines) is 1. The molecule has 0 aliphatic carbocycles.